The molecule has 0 aromatic carbocycles. The summed E-state index contributed by atoms with van der Waals surface area (Å²) in [7, 11) is 26.7. The smallest absolute Gasteiger partial charge is 0.187 e. The Balaban J connectivity index is 1.11. The monoisotopic (exact) mass is 1320 g/mol. The summed E-state index contributed by atoms with van der Waals surface area (Å²) in [5, 5.41) is 0. The fourth-order valence-electron chi connectivity index (χ4n) is 20.3. The van der Waals surface area contributed by atoms with Crippen LogP contribution >= 0.6 is 0 Å². The topological polar surface area (TPSA) is 222 Å². The maximum absolute atomic E-state index is 7.78. The first-order valence-electron chi connectivity index (χ1n) is 33.3. The van der Waals surface area contributed by atoms with E-state index in [0.717, 1.165) is 38.5 Å². The zero-order chi connectivity index (χ0) is 66.9. The molecule has 0 aromatic heterocycles. The maximum Gasteiger partial charge on any atom is 0.187 e. The number of rotatable bonds is 28. The predicted molar refractivity (Wildman–Crippen MR) is 333 cm³/mol. The molecule has 0 aromatic rings. The molecule has 5 aliphatic carbocycles. The van der Waals surface area contributed by atoms with Crippen molar-refractivity contribution in [2.75, 3.05) is 153 Å². The Morgan fingerprint density at radius 1 is 0.424 bits per heavy atom. The summed E-state index contributed by atoms with van der Waals surface area (Å²) in [6.45, 7) is 16.1. The third-order valence-corrected chi connectivity index (χ3v) is 24.7. The SMILES string of the molecule is COC[C@H]1O[C@@H](O[C@H]2[C@H](O[C@H]3CC[C@@]4(C)[C@@H](CC[C@]5(C)[C@@H]4CC=C4[C@@H]6CC(C)(C)[C@@H](OC)[C@H](OC)[C@]6(COC)[C@H](OC)C[C@]45C)[C@]3(C)COC)O[C@H](COC)[C@@H](OC)[C@@H]2O[C@@H]2OC[C@H](OC)[C@H](OC)[C@H]2O[C@@H]2OC[C@@H](OC)[C@H](OC)[C@H]2OC)[C@H](OC)[C@@H](OC)[C@H]1OC. The van der Waals surface area contributed by atoms with Crippen molar-refractivity contribution in [1.82, 2.24) is 0 Å². The van der Waals surface area contributed by atoms with Crippen LogP contribution in [-0.2, 0) is 114 Å². The third-order valence-electron chi connectivity index (χ3n) is 24.7. The lowest BCUT2D eigenvalue weighted by molar-refractivity contribution is -0.407. The van der Waals surface area contributed by atoms with Crippen LogP contribution in [0.3, 0.4) is 0 Å². The molecule has 8 fully saturated rings. The first-order chi connectivity index (χ1) is 44.1. The van der Waals surface area contributed by atoms with Crippen LogP contribution in [0.1, 0.15) is 86.5 Å². The standard InChI is InChI=1S/C68H118O24/c1-63(2)29-38-37-23-24-44-64(3)27-26-45(65(4,35-71-9)43(64)25-28-66(44,5)67(37,6)30-46(75-13)68(38,36-72-10)58(84-22)57(63)83-21)89-62-56(92-61-54(82-20)51(80-18)49(78-16)41(87-61)31-69-7)52(50(79-17)42(88-62)32-70-8)90-60-55(48(77-15)40(74-12)34-86-60)91-59-53(81-19)47(76-14)39(73-11)33-85-59/h23,38-62H,24-36H2,1-22H3/t38-,39+,40-,41+,42+,43+,44+,45-,46+,47-,48-,49-,50+,51-,52-,53+,54+,55+,56+,57-,58-,59-,60-,61-,62-,64-,65-,66+,67+,68-/m0/s1. The van der Waals surface area contributed by atoms with Crippen molar-refractivity contribution in [2.45, 2.75) is 222 Å². The van der Waals surface area contributed by atoms with Gasteiger partial charge in [0.15, 0.2) is 25.2 Å². The molecule has 24 heteroatoms. The van der Waals surface area contributed by atoms with E-state index in [1.807, 2.05) is 28.4 Å². The third kappa shape index (κ3) is 12.8. The summed E-state index contributed by atoms with van der Waals surface area (Å²) in [5.74, 6) is 0.595. The fourth-order valence-corrected chi connectivity index (χ4v) is 20.3. The van der Waals surface area contributed by atoms with Crippen molar-refractivity contribution < 1.29 is 114 Å². The number of allylic oxidation sites excluding steroid dienone is 2. The van der Waals surface area contributed by atoms with E-state index < -0.39 is 128 Å². The largest absolute Gasteiger partial charge is 0.384 e. The van der Waals surface area contributed by atoms with E-state index in [1.165, 1.54) is 5.57 Å². The number of ether oxygens (including phenoxy) is 24. The highest BCUT2D eigenvalue weighted by Crippen LogP contribution is 2.76. The van der Waals surface area contributed by atoms with Gasteiger partial charge in [0.05, 0.1) is 69.5 Å². The molecule has 30 atom stereocenters. The number of hydrogen-bond donors (Lipinski definition) is 0. The van der Waals surface area contributed by atoms with Crippen molar-refractivity contribution in [3.05, 3.63) is 11.6 Å². The highest BCUT2D eigenvalue weighted by molar-refractivity contribution is 5.37. The van der Waals surface area contributed by atoms with Crippen LogP contribution in [-0.4, -0.2) is 288 Å². The van der Waals surface area contributed by atoms with Crippen LogP contribution in [0, 0.1) is 50.2 Å². The summed E-state index contributed by atoms with van der Waals surface area (Å²) in [4.78, 5) is 0. The zero-order valence-corrected chi connectivity index (χ0v) is 59.5. The average molecular weight is 1320 g/mol. The van der Waals surface area contributed by atoms with E-state index in [2.05, 4.69) is 47.6 Å². The van der Waals surface area contributed by atoms with E-state index in [1.54, 1.807) is 85.3 Å². The lowest BCUT2D eigenvalue weighted by atomic mass is 9.33. The summed E-state index contributed by atoms with van der Waals surface area (Å²) >= 11 is 0. The zero-order valence-electron chi connectivity index (χ0n) is 59.5. The van der Waals surface area contributed by atoms with Gasteiger partial charge in [-0.2, -0.15) is 0 Å². The Morgan fingerprint density at radius 2 is 0.924 bits per heavy atom. The van der Waals surface area contributed by atoms with Gasteiger partial charge in [-0.1, -0.05) is 53.2 Å². The fraction of sp³-hybridized carbons (Fsp3) is 0.971. The minimum Gasteiger partial charge on any atom is -0.384 e. The van der Waals surface area contributed by atoms with Crippen molar-refractivity contribution >= 4 is 0 Å². The lowest BCUT2D eigenvalue weighted by Crippen LogP contribution is -2.72. The quantitative estimate of drug-likeness (QED) is 0.0641. The molecule has 9 aliphatic rings. The molecule has 4 aliphatic heterocycles. The Labute approximate surface area is 548 Å². The van der Waals surface area contributed by atoms with E-state index in [4.69, 9.17) is 114 Å². The minimum absolute atomic E-state index is 0.0699. The van der Waals surface area contributed by atoms with Crippen molar-refractivity contribution in [1.29, 1.82) is 0 Å². The molecule has 4 saturated carbocycles. The molecule has 0 radical (unpaired) electrons. The molecule has 0 bridgehead atoms. The van der Waals surface area contributed by atoms with Crippen LogP contribution in [0.15, 0.2) is 11.6 Å². The lowest BCUT2D eigenvalue weighted by Gasteiger charge is -2.73. The van der Waals surface area contributed by atoms with Crippen molar-refractivity contribution in [3.8, 4) is 0 Å². The molecule has 0 spiro atoms. The molecule has 0 amide bonds. The van der Waals surface area contributed by atoms with Gasteiger partial charge in [0.2, 0.25) is 0 Å². The maximum atomic E-state index is 7.78. The Morgan fingerprint density at radius 3 is 1.45 bits per heavy atom. The molecule has 4 saturated heterocycles. The van der Waals surface area contributed by atoms with Gasteiger partial charge in [-0.25, -0.2) is 0 Å². The molecular formula is C68H118O24. The molecule has 24 nitrogen and oxygen atoms in total. The Kier molecular flexibility index (Phi) is 25.4. The second-order valence-electron chi connectivity index (χ2n) is 29.1. The molecule has 0 unspecified atom stereocenters. The van der Waals surface area contributed by atoms with E-state index in [-0.39, 0.29) is 78.2 Å². The van der Waals surface area contributed by atoms with Crippen LogP contribution in [0.2, 0.25) is 0 Å². The Bertz CT molecular complexity index is 2340. The highest BCUT2D eigenvalue weighted by atomic mass is 16.8. The van der Waals surface area contributed by atoms with E-state index >= 15 is 0 Å². The van der Waals surface area contributed by atoms with Gasteiger partial charge in [0.25, 0.3) is 0 Å². The van der Waals surface area contributed by atoms with Gasteiger partial charge < -0.3 is 114 Å². The van der Waals surface area contributed by atoms with Gasteiger partial charge in [-0.3, -0.25) is 0 Å². The number of fused-ring (bicyclic) bond motifs is 7. The average Bonchev–Trinajstić information content (AvgIpc) is 0.671. The summed E-state index contributed by atoms with van der Waals surface area (Å²) < 4.78 is 156. The van der Waals surface area contributed by atoms with E-state index in [9.17, 15) is 0 Å². The van der Waals surface area contributed by atoms with Crippen LogP contribution in [0.25, 0.3) is 0 Å². The van der Waals surface area contributed by atoms with Crippen molar-refractivity contribution in [3.63, 3.8) is 0 Å². The number of methoxy groups -OCH3 is 16. The number of hydrogen-bond acceptors (Lipinski definition) is 24. The first-order valence-corrected chi connectivity index (χ1v) is 33.3. The van der Waals surface area contributed by atoms with Crippen molar-refractivity contribution in [2.24, 2.45) is 50.2 Å². The molecule has 9 rings (SSSR count). The second-order valence-corrected chi connectivity index (χ2v) is 29.1. The van der Waals surface area contributed by atoms with Gasteiger partial charge in [-0.05, 0) is 84.4 Å². The van der Waals surface area contributed by atoms with Crippen LogP contribution in [0.5, 0.6) is 0 Å². The molecule has 92 heavy (non-hydrogen) atoms. The molecule has 4 heterocycles. The Hall–Kier alpha value is -1.22. The van der Waals surface area contributed by atoms with Gasteiger partial charge in [-0.15, -0.1) is 0 Å². The van der Waals surface area contributed by atoms with E-state index in [0.29, 0.717) is 25.6 Å². The predicted octanol–water partition coefficient (Wildman–Crippen LogP) is 6.07. The summed E-state index contributed by atoms with van der Waals surface area (Å²) in [6.07, 6.45) is -7.42. The highest BCUT2D eigenvalue weighted by Gasteiger charge is 2.74. The van der Waals surface area contributed by atoms with Crippen LogP contribution in [0.4, 0.5) is 0 Å². The molecular weight excluding hydrogens is 1200 g/mol. The molecule has 534 valence electrons. The second kappa shape index (κ2) is 31.1. The van der Waals surface area contributed by atoms with Gasteiger partial charge in [0.1, 0.15) is 85.5 Å². The summed E-state index contributed by atoms with van der Waals surface area (Å²) in [5.41, 5.74) is -0.161. The van der Waals surface area contributed by atoms with Gasteiger partial charge in [0, 0.05) is 119 Å². The first kappa shape index (κ1) is 75.0. The van der Waals surface area contributed by atoms with Crippen LogP contribution < -0.4 is 0 Å². The molecule has 0 N–H and O–H groups in total. The normalized spacial score (nSPS) is 48.6. The van der Waals surface area contributed by atoms with Gasteiger partial charge >= 0.3 is 0 Å². The minimum atomic E-state index is -1.19. The summed E-state index contributed by atoms with van der Waals surface area (Å²) in [6, 6.07) is 0.